The highest BCUT2D eigenvalue weighted by molar-refractivity contribution is 9.10. The molecule has 1 rings (SSSR count). The second kappa shape index (κ2) is 5.21. The number of hydrogen-bond donors (Lipinski definition) is 1. The number of methoxy groups -OCH3 is 2. The molecule has 5 heteroatoms. The molecule has 0 radical (unpaired) electrons. The maximum absolute atomic E-state index is 10.9. The normalized spacial score (nSPS) is 12.0. The highest BCUT2D eigenvalue weighted by atomic mass is 79.9. The van der Waals surface area contributed by atoms with Gasteiger partial charge in [0.1, 0.15) is 16.0 Å². The van der Waals surface area contributed by atoms with Crippen molar-refractivity contribution in [1.29, 1.82) is 0 Å². The minimum atomic E-state index is -0.893. The number of ether oxygens (including phenoxy) is 2. The highest BCUT2D eigenvalue weighted by Crippen LogP contribution is 2.40. The Hall–Kier alpha value is -1.23. The van der Waals surface area contributed by atoms with Gasteiger partial charge in [0.25, 0.3) is 0 Å². The van der Waals surface area contributed by atoms with Crippen molar-refractivity contribution >= 4 is 21.9 Å². The zero-order valence-corrected chi connectivity index (χ0v) is 10.9. The summed E-state index contributed by atoms with van der Waals surface area (Å²) in [4.78, 5) is 10.9. The Kier molecular flexibility index (Phi) is 4.18. The Bertz CT molecular complexity index is 403. The molecule has 0 fully saturated rings. The lowest BCUT2D eigenvalue weighted by atomic mass is 10.0. The van der Waals surface area contributed by atoms with Crippen LogP contribution in [0.5, 0.6) is 11.5 Å². The van der Waals surface area contributed by atoms with E-state index in [2.05, 4.69) is 15.9 Å². The fraction of sp³-hybridized carbons (Fsp3) is 0.364. The van der Waals surface area contributed by atoms with E-state index in [1.807, 2.05) is 0 Å². The first kappa shape index (κ1) is 12.8. The van der Waals surface area contributed by atoms with Crippen molar-refractivity contribution < 1.29 is 19.4 Å². The molecule has 0 bridgehead atoms. The molecule has 0 aliphatic carbocycles. The number of aliphatic carboxylic acids is 1. The van der Waals surface area contributed by atoms with Crippen LogP contribution in [0.15, 0.2) is 16.6 Å². The Morgan fingerprint density at radius 1 is 1.38 bits per heavy atom. The minimum Gasteiger partial charge on any atom is -0.495 e. The molecule has 1 atom stereocenters. The number of carboxylic acid groups (broad SMARTS) is 1. The number of benzene rings is 1. The van der Waals surface area contributed by atoms with Gasteiger partial charge in [0.05, 0.1) is 20.1 Å². The Morgan fingerprint density at radius 2 is 2.00 bits per heavy atom. The van der Waals surface area contributed by atoms with E-state index in [1.165, 1.54) is 7.11 Å². The molecule has 88 valence electrons. The zero-order chi connectivity index (χ0) is 12.3. The van der Waals surface area contributed by atoms with E-state index in [0.29, 0.717) is 21.5 Å². The number of rotatable bonds is 4. The number of halogens is 1. The van der Waals surface area contributed by atoms with Gasteiger partial charge in [-0.05, 0) is 28.9 Å². The molecular formula is C11H13BrO4. The quantitative estimate of drug-likeness (QED) is 0.925. The first-order valence-corrected chi connectivity index (χ1v) is 5.45. The minimum absolute atomic E-state index is 0.495. The smallest absolute Gasteiger partial charge is 0.310 e. The van der Waals surface area contributed by atoms with Gasteiger partial charge >= 0.3 is 5.97 Å². The fourth-order valence-electron chi connectivity index (χ4n) is 1.39. The van der Waals surface area contributed by atoms with Gasteiger partial charge in [0.15, 0.2) is 0 Å². The molecule has 0 saturated heterocycles. The number of hydrogen-bond acceptors (Lipinski definition) is 3. The molecule has 0 aliphatic heterocycles. The summed E-state index contributed by atoms with van der Waals surface area (Å²) in [5.41, 5.74) is 0.614. The van der Waals surface area contributed by atoms with Gasteiger partial charge in [-0.2, -0.15) is 0 Å². The molecule has 1 unspecified atom stereocenters. The van der Waals surface area contributed by atoms with Crippen LogP contribution in [0, 0.1) is 0 Å². The third-order valence-electron chi connectivity index (χ3n) is 2.35. The molecule has 4 nitrogen and oxygen atoms in total. The first-order valence-electron chi connectivity index (χ1n) is 4.66. The van der Waals surface area contributed by atoms with Crippen LogP contribution >= 0.6 is 15.9 Å². The fourth-order valence-corrected chi connectivity index (χ4v) is 2.08. The maximum Gasteiger partial charge on any atom is 0.310 e. The van der Waals surface area contributed by atoms with E-state index < -0.39 is 11.9 Å². The second-order valence-corrected chi connectivity index (χ2v) is 4.06. The largest absolute Gasteiger partial charge is 0.495 e. The van der Waals surface area contributed by atoms with Gasteiger partial charge < -0.3 is 14.6 Å². The molecular weight excluding hydrogens is 276 g/mol. The lowest BCUT2D eigenvalue weighted by Gasteiger charge is -2.15. The summed E-state index contributed by atoms with van der Waals surface area (Å²) in [6.45, 7) is 1.61. The summed E-state index contributed by atoms with van der Waals surface area (Å²) >= 11 is 3.33. The van der Waals surface area contributed by atoms with E-state index in [0.717, 1.165) is 0 Å². The van der Waals surface area contributed by atoms with Crippen molar-refractivity contribution in [3.05, 3.63) is 22.2 Å². The van der Waals surface area contributed by atoms with Crippen molar-refractivity contribution in [3.63, 3.8) is 0 Å². The predicted octanol–water partition coefficient (Wildman–Crippen LogP) is 2.65. The summed E-state index contributed by atoms with van der Waals surface area (Å²) in [5, 5.41) is 8.97. The molecule has 0 aliphatic rings. The summed E-state index contributed by atoms with van der Waals surface area (Å²) < 4.78 is 10.9. The summed E-state index contributed by atoms with van der Waals surface area (Å²) in [5.74, 6) is -0.417. The highest BCUT2D eigenvalue weighted by Gasteiger charge is 2.21. The van der Waals surface area contributed by atoms with Crippen LogP contribution < -0.4 is 9.47 Å². The third-order valence-corrected chi connectivity index (χ3v) is 3.10. The molecule has 1 aromatic carbocycles. The number of carboxylic acids is 1. The van der Waals surface area contributed by atoms with Gasteiger partial charge in [-0.1, -0.05) is 6.07 Å². The van der Waals surface area contributed by atoms with Crippen molar-refractivity contribution in [2.75, 3.05) is 14.2 Å². The summed E-state index contributed by atoms with van der Waals surface area (Å²) in [6.07, 6.45) is 0. The van der Waals surface area contributed by atoms with Crippen molar-refractivity contribution in [2.45, 2.75) is 12.8 Å². The molecule has 1 aromatic rings. The average molecular weight is 289 g/mol. The van der Waals surface area contributed by atoms with E-state index in [9.17, 15) is 4.79 Å². The summed E-state index contributed by atoms with van der Waals surface area (Å²) in [6, 6.07) is 3.41. The Morgan fingerprint density at radius 3 is 2.44 bits per heavy atom. The van der Waals surface area contributed by atoms with E-state index >= 15 is 0 Å². The van der Waals surface area contributed by atoms with Crippen LogP contribution in [-0.4, -0.2) is 25.3 Å². The topological polar surface area (TPSA) is 55.8 Å². The molecule has 16 heavy (non-hydrogen) atoms. The van der Waals surface area contributed by atoms with Crippen LogP contribution in [0.3, 0.4) is 0 Å². The van der Waals surface area contributed by atoms with Crippen molar-refractivity contribution in [1.82, 2.24) is 0 Å². The molecule has 1 N–H and O–H groups in total. The number of carbonyl (C=O) groups is 1. The molecule has 0 amide bonds. The van der Waals surface area contributed by atoms with Gasteiger partial charge in [-0.15, -0.1) is 0 Å². The van der Waals surface area contributed by atoms with Crippen LogP contribution in [0.2, 0.25) is 0 Å². The van der Waals surface area contributed by atoms with E-state index in [1.54, 1.807) is 26.2 Å². The zero-order valence-electron chi connectivity index (χ0n) is 9.28. The average Bonchev–Trinajstić information content (AvgIpc) is 2.27. The Balaban J connectivity index is 3.31. The SMILES string of the molecule is COc1ccc(C(C)C(=O)O)c(OC)c1Br. The van der Waals surface area contributed by atoms with Gasteiger partial charge in [-0.3, -0.25) is 4.79 Å². The second-order valence-electron chi connectivity index (χ2n) is 3.26. The van der Waals surface area contributed by atoms with E-state index in [-0.39, 0.29) is 0 Å². The standard InChI is InChI=1S/C11H13BrO4/c1-6(11(13)14)7-4-5-8(15-2)9(12)10(7)16-3/h4-6H,1-3H3,(H,13,14). The van der Waals surface area contributed by atoms with Crippen LogP contribution in [0.4, 0.5) is 0 Å². The Labute approximate surface area is 102 Å². The van der Waals surface area contributed by atoms with Crippen LogP contribution in [0.1, 0.15) is 18.4 Å². The van der Waals surface area contributed by atoms with Gasteiger partial charge in [0, 0.05) is 5.56 Å². The third kappa shape index (κ3) is 2.29. The maximum atomic E-state index is 10.9. The lowest BCUT2D eigenvalue weighted by molar-refractivity contribution is -0.138. The van der Waals surface area contributed by atoms with Gasteiger partial charge in [0.2, 0.25) is 0 Å². The van der Waals surface area contributed by atoms with Crippen molar-refractivity contribution in [2.24, 2.45) is 0 Å². The predicted molar refractivity (Wildman–Crippen MR) is 63.3 cm³/mol. The first-order chi connectivity index (χ1) is 7.52. The van der Waals surface area contributed by atoms with Crippen LogP contribution in [-0.2, 0) is 4.79 Å². The van der Waals surface area contributed by atoms with Crippen molar-refractivity contribution in [3.8, 4) is 11.5 Å². The molecule has 0 spiro atoms. The monoisotopic (exact) mass is 288 g/mol. The molecule has 0 heterocycles. The van der Waals surface area contributed by atoms with Gasteiger partial charge in [-0.25, -0.2) is 0 Å². The molecule has 0 saturated carbocycles. The van der Waals surface area contributed by atoms with Crippen LogP contribution in [0.25, 0.3) is 0 Å². The van der Waals surface area contributed by atoms with E-state index in [4.69, 9.17) is 14.6 Å². The lowest BCUT2D eigenvalue weighted by Crippen LogP contribution is -2.09. The summed E-state index contributed by atoms with van der Waals surface area (Å²) in [7, 11) is 3.04. The molecule has 0 aromatic heterocycles.